The maximum Gasteiger partial charge on any atom is 0.151 e. The lowest BCUT2D eigenvalue weighted by Crippen LogP contribution is -2.37. The first-order chi connectivity index (χ1) is 6.39. The molecule has 0 unspecified atom stereocenters. The van der Waals surface area contributed by atoms with Gasteiger partial charge in [-0.1, -0.05) is 13.8 Å². The molecule has 0 aromatic heterocycles. The molecule has 84 valence electrons. The molecule has 4 heteroatoms. The summed E-state index contributed by atoms with van der Waals surface area (Å²) in [6, 6.07) is 0.613. The van der Waals surface area contributed by atoms with Gasteiger partial charge in [-0.3, -0.25) is 0 Å². The predicted octanol–water partition coefficient (Wildman–Crippen LogP) is 1.20. The predicted molar refractivity (Wildman–Crippen MR) is 59.1 cm³/mol. The first-order valence-electron chi connectivity index (χ1n) is 5.35. The van der Waals surface area contributed by atoms with Crippen LogP contribution in [-0.4, -0.2) is 32.0 Å². The molecule has 0 amide bonds. The van der Waals surface area contributed by atoms with E-state index in [4.69, 9.17) is 0 Å². The molecule has 1 saturated heterocycles. The van der Waals surface area contributed by atoms with Crippen LogP contribution in [-0.2, 0) is 9.84 Å². The maximum absolute atomic E-state index is 11.2. The van der Waals surface area contributed by atoms with Crippen molar-refractivity contribution in [3.8, 4) is 0 Å². The van der Waals surface area contributed by atoms with Crippen molar-refractivity contribution in [1.29, 1.82) is 0 Å². The molecule has 0 aromatic rings. The van der Waals surface area contributed by atoms with E-state index in [1.54, 1.807) is 0 Å². The van der Waals surface area contributed by atoms with Crippen LogP contribution in [0.1, 0.15) is 33.6 Å². The second-order valence-corrected chi connectivity index (χ2v) is 7.03. The largest absolute Gasteiger partial charge is 0.310 e. The fourth-order valence-corrected chi connectivity index (χ4v) is 3.79. The van der Waals surface area contributed by atoms with Gasteiger partial charge in [-0.05, 0) is 25.7 Å². The fraction of sp³-hybridized carbons (Fsp3) is 1.00. The zero-order chi connectivity index (χ0) is 10.8. The van der Waals surface area contributed by atoms with E-state index < -0.39 is 9.84 Å². The SMILES string of the molecule is CC(C)C[C@H](C)N[C@@H]1CCS(=O)(=O)C1. The van der Waals surface area contributed by atoms with Gasteiger partial charge in [0.25, 0.3) is 0 Å². The summed E-state index contributed by atoms with van der Waals surface area (Å²) >= 11 is 0. The van der Waals surface area contributed by atoms with E-state index in [2.05, 4.69) is 26.1 Å². The Morgan fingerprint density at radius 1 is 1.36 bits per heavy atom. The standard InChI is InChI=1S/C10H21NO2S/c1-8(2)6-9(3)11-10-4-5-14(12,13)7-10/h8-11H,4-7H2,1-3H3/t9-,10+/m0/s1. The zero-order valence-corrected chi connectivity index (χ0v) is 10.1. The van der Waals surface area contributed by atoms with Crippen molar-refractivity contribution in [3.05, 3.63) is 0 Å². The topological polar surface area (TPSA) is 46.2 Å². The Balaban J connectivity index is 2.32. The third-order valence-corrected chi connectivity index (χ3v) is 4.35. The Hall–Kier alpha value is -0.0900. The van der Waals surface area contributed by atoms with Crippen LogP contribution < -0.4 is 5.32 Å². The van der Waals surface area contributed by atoms with Crippen molar-refractivity contribution < 1.29 is 8.42 Å². The number of nitrogens with one attached hydrogen (secondary N) is 1. The van der Waals surface area contributed by atoms with Gasteiger partial charge >= 0.3 is 0 Å². The number of hydrogen-bond acceptors (Lipinski definition) is 3. The van der Waals surface area contributed by atoms with Gasteiger partial charge in [0, 0.05) is 12.1 Å². The molecule has 0 radical (unpaired) electrons. The Labute approximate surface area is 87.2 Å². The molecular weight excluding hydrogens is 198 g/mol. The normalized spacial score (nSPS) is 28.1. The van der Waals surface area contributed by atoms with E-state index >= 15 is 0 Å². The summed E-state index contributed by atoms with van der Waals surface area (Å²) in [5, 5.41) is 3.39. The van der Waals surface area contributed by atoms with Crippen molar-refractivity contribution in [3.63, 3.8) is 0 Å². The molecule has 0 aliphatic carbocycles. The molecule has 2 atom stereocenters. The summed E-state index contributed by atoms with van der Waals surface area (Å²) in [4.78, 5) is 0. The summed E-state index contributed by atoms with van der Waals surface area (Å²) in [6.07, 6.45) is 1.89. The zero-order valence-electron chi connectivity index (χ0n) is 9.29. The van der Waals surface area contributed by atoms with Crippen LogP contribution in [0.2, 0.25) is 0 Å². The van der Waals surface area contributed by atoms with Crippen LogP contribution in [0.25, 0.3) is 0 Å². The van der Waals surface area contributed by atoms with E-state index in [-0.39, 0.29) is 6.04 Å². The summed E-state index contributed by atoms with van der Waals surface area (Å²) < 4.78 is 22.4. The number of sulfone groups is 1. The van der Waals surface area contributed by atoms with Gasteiger partial charge < -0.3 is 5.32 Å². The molecule has 0 aromatic carbocycles. The van der Waals surface area contributed by atoms with E-state index in [0.717, 1.165) is 12.8 Å². The average molecular weight is 219 g/mol. The Morgan fingerprint density at radius 3 is 2.43 bits per heavy atom. The lowest BCUT2D eigenvalue weighted by molar-refractivity contribution is 0.404. The number of hydrogen-bond donors (Lipinski definition) is 1. The highest BCUT2D eigenvalue weighted by atomic mass is 32.2. The minimum absolute atomic E-state index is 0.189. The molecular formula is C10H21NO2S. The van der Waals surface area contributed by atoms with Gasteiger partial charge in [0.2, 0.25) is 0 Å². The molecule has 1 fully saturated rings. The Bertz CT molecular complexity index is 272. The summed E-state index contributed by atoms with van der Waals surface area (Å²) in [5.74, 6) is 1.35. The summed E-state index contributed by atoms with van der Waals surface area (Å²) in [6.45, 7) is 6.50. The van der Waals surface area contributed by atoms with Gasteiger partial charge in [-0.15, -0.1) is 0 Å². The minimum Gasteiger partial charge on any atom is -0.310 e. The highest BCUT2D eigenvalue weighted by Crippen LogP contribution is 2.13. The molecule has 3 nitrogen and oxygen atoms in total. The van der Waals surface area contributed by atoms with Crippen LogP contribution in [0.5, 0.6) is 0 Å². The third kappa shape index (κ3) is 3.96. The molecule has 14 heavy (non-hydrogen) atoms. The van der Waals surface area contributed by atoms with Crippen LogP contribution in [0.4, 0.5) is 0 Å². The molecule has 1 N–H and O–H groups in total. The van der Waals surface area contributed by atoms with Crippen molar-refractivity contribution in [2.45, 2.75) is 45.7 Å². The van der Waals surface area contributed by atoms with Crippen molar-refractivity contribution in [2.24, 2.45) is 5.92 Å². The van der Waals surface area contributed by atoms with E-state index in [1.165, 1.54) is 0 Å². The third-order valence-electron chi connectivity index (χ3n) is 2.58. The fourth-order valence-electron chi connectivity index (χ4n) is 2.10. The van der Waals surface area contributed by atoms with E-state index in [1.807, 2.05) is 0 Å². The lowest BCUT2D eigenvalue weighted by atomic mass is 10.0. The second kappa shape index (κ2) is 4.62. The van der Waals surface area contributed by atoms with Crippen LogP contribution >= 0.6 is 0 Å². The Kier molecular flexibility index (Phi) is 3.95. The smallest absolute Gasteiger partial charge is 0.151 e. The number of rotatable bonds is 4. The molecule has 1 heterocycles. The molecule has 1 aliphatic rings. The van der Waals surface area contributed by atoms with Crippen molar-refractivity contribution >= 4 is 9.84 Å². The van der Waals surface area contributed by atoms with Crippen LogP contribution in [0.15, 0.2) is 0 Å². The Morgan fingerprint density at radius 2 is 2.00 bits per heavy atom. The first-order valence-corrected chi connectivity index (χ1v) is 7.17. The monoisotopic (exact) mass is 219 g/mol. The summed E-state index contributed by atoms with van der Waals surface area (Å²) in [5.41, 5.74) is 0. The minimum atomic E-state index is -2.73. The van der Waals surface area contributed by atoms with Crippen LogP contribution in [0, 0.1) is 5.92 Å². The van der Waals surface area contributed by atoms with E-state index in [0.29, 0.717) is 23.5 Å². The molecule has 0 saturated carbocycles. The highest BCUT2D eigenvalue weighted by molar-refractivity contribution is 7.91. The molecule has 1 aliphatic heterocycles. The molecule has 1 rings (SSSR count). The van der Waals surface area contributed by atoms with E-state index in [9.17, 15) is 8.42 Å². The highest BCUT2D eigenvalue weighted by Gasteiger charge is 2.28. The molecule has 0 spiro atoms. The summed E-state index contributed by atoms with van der Waals surface area (Å²) in [7, 11) is -2.73. The average Bonchev–Trinajstić information content (AvgIpc) is 2.27. The van der Waals surface area contributed by atoms with Gasteiger partial charge in [0.15, 0.2) is 9.84 Å². The first kappa shape index (κ1) is 12.0. The van der Waals surface area contributed by atoms with Gasteiger partial charge in [0.1, 0.15) is 0 Å². The molecule has 0 bridgehead atoms. The van der Waals surface area contributed by atoms with Crippen molar-refractivity contribution in [1.82, 2.24) is 5.32 Å². The van der Waals surface area contributed by atoms with Crippen LogP contribution in [0.3, 0.4) is 0 Å². The second-order valence-electron chi connectivity index (χ2n) is 4.80. The maximum atomic E-state index is 11.2. The lowest BCUT2D eigenvalue weighted by Gasteiger charge is -2.19. The van der Waals surface area contributed by atoms with Crippen molar-refractivity contribution in [2.75, 3.05) is 11.5 Å². The quantitative estimate of drug-likeness (QED) is 0.773. The van der Waals surface area contributed by atoms with Gasteiger partial charge in [-0.25, -0.2) is 8.42 Å². The van der Waals surface area contributed by atoms with Gasteiger partial charge in [-0.2, -0.15) is 0 Å². The van der Waals surface area contributed by atoms with Gasteiger partial charge in [0.05, 0.1) is 11.5 Å².